The summed E-state index contributed by atoms with van der Waals surface area (Å²) in [5.74, 6) is 0.896. The fourth-order valence-corrected chi connectivity index (χ4v) is 3.11. The Kier molecular flexibility index (Phi) is 5.38. The molecule has 1 fully saturated rings. The fraction of sp³-hybridized carbons (Fsp3) is 0.750. The Bertz CT molecular complexity index is 390. The molecule has 1 aliphatic carbocycles. The summed E-state index contributed by atoms with van der Waals surface area (Å²) >= 11 is 7.08. The third-order valence-electron chi connectivity index (χ3n) is 3.20. The van der Waals surface area contributed by atoms with E-state index in [2.05, 4.69) is 15.5 Å². The van der Waals surface area contributed by atoms with Crippen molar-refractivity contribution in [3.63, 3.8) is 0 Å². The number of halogens is 1. The first kappa shape index (κ1) is 13.7. The summed E-state index contributed by atoms with van der Waals surface area (Å²) < 4.78 is 0. The molecule has 0 unspecified atom stereocenters. The monoisotopic (exact) mass is 287 g/mol. The number of hydrogen-bond donors (Lipinski definition) is 1. The molecule has 1 aromatic heterocycles. The first-order valence-corrected chi connectivity index (χ1v) is 7.84. The van der Waals surface area contributed by atoms with Crippen LogP contribution in [0.1, 0.15) is 43.5 Å². The SMILES string of the molecule is O=C(Nc1nnc(CCCCl)s1)C1CCCCC1. The molecule has 0 saturated heterocycles. The van der Waals surface area contributed by atoms with E-state index in [9.17, 15) is 4.79 Å². The van der Waals surface area contributed by atoms with Gasteiger partial charge in [0.1, 0.15) is 5.01 Å². The molecule has 1 amide bonds. The Balaban J connectivity index is 1.84. The van der Waals surface area contributed by atoms with Gasteiger partial charge in [0.2, 0.25) is 11.0 Å². The second kappa shape index (κ2) is 7.04. The van der Waals surface area contributed by atoms with Crippen LogP contribution in [0.3, 0.4) is 0 Å². The molecule has 6 heteroatoms. The Hall–Kier alpha value is -0.680. The van der Waals surface area contributed by atoms with Crippen LogP contribution in [0.4, 0.5) is 5.13 Å². The number of rotatable bonds is 5. The summed E-state index contributed by atoms with van der Waals surface area (Å²) in [6, 6.07) is 0. The van der Waals surface area contributed by atoms with Crippen molar-refractivity contribution in [2.24, 2.45) is 5.92 Å². The van der Waals surface area contributed by atoms with E-state index >= 15 is 0 Å². The number of hydrogen-bond acceptors (Lipinski definition) is 4. The van der Waals surface area contributed by atoms with Crippen LogP contribution in [-0.2, 0) is 11.2 Å². The molecule has 4 nitrogen and oxygen atoms in total. The van der Waals surface area contributed by atoms with E-state index in [0.29, 0.717) is 11.0 Å². The van der Waals surface area contributed by atoms with Gasteiger partial charge in [0.15, 0.2) is 0 Å². The van der Waals surface area contributed by atoms with Crippen LogP contribution in [0.15, 0.2) is 0 Å². The van der Waals surface area contributed by atoms with Crippen molar-refractivity contribution < 1.29 is 4.79 Å². The van der Waals surface area contributed by atoms with Gasteiger partial charge in [-0.15, -0.1) is 21.8 Å². The fourth-order valence-electron chi connectivity index (χ4n) is 2.20. The topological polar surface area (TPSA) is 54.9 Å². The molecule has 0 radical (unpaired) electrons. The van der Waals surface area contributed by atoms with Crippen LogP contribution >= 0.6 is 22.9 Å². The van der Waals surface area contributed by atoms with Crippen molar-refractivity contribution in [2.45, 2.75) is 44.9 Å². The van der Waals surface area contributed by atoms with E-state index < -0.39 is 0 Å². The Morgan fingerprint density at radius 3 is 2.83 bits per heavy atom. The molecule has 1 saturated carbocycles. The normalized spacial score (nSPS) is 16.7. The van der Waals surface area contributed by atoms with Crippen LogP contribution in [0.5, 0.6) is 0 Å². The zero-order valence-corrected chi connectivity index (χ0v) is 11.9. The number of nitrogens with zero attached hydrogens (tertiary/aromatic N) is 2. The summed E-state index contributed by atoms with van der Waals surface area (Å²) in [5, 5.41) is 12.5. The van der Waals surface area contributed by atoms with Crippen molar-refractivity contribution in [1.82, 2.24) is 10.2 Å². The Morgan fingerprint density at radius 2 is 2.11 bits per heavy atom. The van der Waals surface area contributed by atoms with E-state index in [1.54, 1.807) is 0 Å². The highest BCUT2D eigenvalue weighted by Gasteiger charge is 2.21. The average molecular weight is 288 g/mol. The van der Waals surface area contributed by atoms with E-state index in [-0.39, 0.29) is 11.8 Å². The Labute approximate surface area is 116 Å². The van der Waals surface area contributed by atoms with Gasteiger partial charge < -0.3 is 5.32 Å². The number of nitrogens with one attached hydrogen (secondary N) is 1. The summed E-state index contributed by atoms with van der Waals surface area (Å²) in [6.07, 6.45) is 7.32. The van der Waals surface area contributed by atoms with Crippen LogP contribution in [0, 0.1) is 5.92 Å². The van der Waals surface area contributed by atoms with Gasteiger partial charge in [0, 0.05) is 18.2 Å². The molecule has 0 spiro atoms. The van der Waals surface area contributed by atoms with E-state index in [4.69, 9.17) is 11.6 Å². The summed E-state index contributed by atoms with van der Waals surface area (Å²) in [4.78, 5) is 12.0. The highest BCUT2D eigenvalue weighted by atomic mass is 35.5. The molecule has 0 atom stereocenters. The highest BCUT2D eigenvalue weighted by Crippen LogP contribution is 2.25. The summed E-state index contributed by atoms with van der Waals surface area (Å²) in [6.45, 7) is 0. The van der Waals surface area contributed by atoms with Gasteiger partial charge in [-0.25, -0.2) is 0 Å². The lowest BCUT2D eigenvalue weighted by Gasteiger charge is -2.19. The third-order valence-corrected chi connectivity index (χ3v) is 4.36. The lowest BCUT2D eigenvalue weighted by molar-refractivity contribution is -0.120. The quantitative estimate of drug-likeness (QED) is 0.846. The third kappa shape index (κ3) is 3.92. The number of carbonyl (C=O) groups is 1. The molecule has 1 aromatic rings. The lowest BCUT2D eigenvalue weighted by Crippen LogP contribution is -2.24. The molecule has 1 aliphatic rings. The van der Waals surface area contributed by atoms with Gasteiger partial charge in [-0.05, 0) is 19.3 Å². The number of carbonyl (C=O) groups excluding carboxylic acids is 1. The average Bonchev–Trinajstić information content (AvgIpc) is 2.85. The predicted molar refractivity (Wildman–Crippen MR) is 74.2 cm³/mol. The first-order chi connectivity index (χ1) is 8.79. The van der Waals surface area contributed by atoms with Gasteiger partial charge >= 0.3 is 0 Å². The number of anilines is 1. The molecule has 0 bridgehead atoms. The van der Waals surface area contributed by atoms with Gasteiger partial charge in [0.05, 0.1) is 0 Å². The van der Waals surface area contributed by atoms with Crippen molar-refractivity contribution >= 4 is 34.0 Å². The summed E-state index contributed by atoms with van der Waals surface area (Å²) in [5.41, 5.74) is 0. The molecular formula is C12H18ClN3OS. The van der Waals surface area contributed by atoms with E-state index in [1.165, 1.54) is 17.8 Å². The maximum Gasteiger partial charge on any atom is 0.229 e. The molecule has 0 aromatic carbocycles. The minimum absolute atomic E-state index is 0.106. The lowest BCUT2D eigenvalue weighted by atomic mass is 9.89. The number of aryl methyl sites for hydroxylation is 1. The molecule has 18 heavy (non-hydrogen) atoms. The number of alkyl halides is 1. The van der Waals surface area contributed by atoms with E-state index in [0.717, 1.165) is 43.5 Å². The number of aromatic nitrogens is 2. The van der Waals surface area contributed by atoms with Crippen molar-refractivity contribution in [2.75, 3.05) is 11.2 Å². The number of amides is 1. The van der Waals surface area contributed by atoms with Gasteiger partial charge in [0.25, 0.3) is 0 Å². The van der Waals surface area contributed by atoms with Crippen LogP contribution < -0.4 is 5.32 Å². The predicted octanol–water partition coefficient (Wildman–Crippen LogP) is 3.23. The molecule has 2 rings (SSSR count). The molecule has 1 N–H and O–H groups in total. The second-order valence-electron chi connectivity index (χ2n) is 4.62. The van der Waals surface area contributed by atoms with Crippen molar-refractivity contribution in [1.29, 1.82) is 0 Å². The van der Waals surface area contributed by atoms with Crippen LogP contribution in [0.2, 0.25) is 0 Å². The van der Waals surface area contributed by atoms with E-state index in [1.807, 2.05) is 0 Å². The minimum Gasteiger partial charge on any atom is -0.300 e. The smallest absolute Gasteiger partial charge is 0.229 e. The highest BCUT2D eigenvalue weighted by molar-refractivity contribution is 7.15. The van der Waals surface area contributed by atoms with Gasteiger partial charge in [-0.3, -0.25) is 4.79 Å². The molecule has 100 valence electrons. The van der Waals surface area contributed by atoms with Gasteiger partial charge in [-0.2, -0.15) is 0 Å². The zero-order valence-electron chi connectivity index (χ0n) is 10.3. The molecule has 0 aliphatic heterocycles. The maximum absolute atomic E-state index is 12.0. The largest absolute Gasteiger partial charge is 0.300 e. The standard InChI is InChI=1S/C12H18ClN3OS/c13-8-4-7-10-15-16-12(18-10)14-11(17)9-5-2-1-3-6-9/h9H,1-8H2,(H,14,16,17). The molecular weight excluding hydrogens is 270 g/mol. The maximum atomic E-state index is 12.0. The zero-order chi connectivity index (χ0) is 12.8. The first-order valence-electron chi connectivity index (χ1n) is 6.49. The summed E-state index contributed by atoms with van der Waals surface area (Å²) in [7, 11) is 0. The van der Waals surface area contributed by atoms with Crippen molar-refractivity contribution in [3.8, 4) is 0 Å². The Morgan fingerprint density at radius 1 is 1.33 bits per heavy atom. The van der Waals surface area contributed by atoms with Gasteiger partial charge in [-0.1, -0.05) is 30.6 Å². The second-order valence-corrected chi connectivity index (χ2v) is 6.06. The van der Waals surface area contributed by atoms with Crippen LogP contribution in [-0.4, -0.2) is 22.0 Å². The minimum atomic E-state index is 0.106. The van der Waals surface area contributed by atoms with Crippen molar-refractivity contribution in [3.05, 3.63) is 5.01 Å². The molecule has 1 heterocycles. The van der Waals surface area contributed by atoms with Crippen LogP contribution in [0.25, 0.3) is 0 Å².